The van der Waals surface area contributed by atoms with E-state index in [1.807, 2.05) is 16.7 Å². The van der Waals surface area contributed by atoms with Gasteiger partial charge in [0.05, 0.1) is 0 Å². The maximum Gasteiger partial charge on any atom is 0.240 e. The third-order valence-corrected chi connectivity index (χ3v) is 4.19. The maximum atomic E-state index is 12.1. The van der Waals surface area contributed by atoms with Crippen molar-refractivity contribution in [2.45, 2.75) is 32.4 Å². The lowest BCUT2D eigenvalue weighted by Crippen LogP contribution is -2.41. The molecule has 3 heterocycles. The van der Waals surface area contributed by atoms with Crippen molar-refractivity contribution < 1.29 is 4.79 Å². The van der Waals surface area contributed by atoms with Crippen LogP contribution < -0.4 is 5.32 Å². The topological polar surface area (TPSA) is 50.2 Å². The largest absolute Gasteiger partial charge is 0.353 e. The number of nitrogens with one attached hydrogen (secondary N) is 1. The minimum absolute atomic E-state index is 0.0366. The van der Waals surface area contributed by atoms with Gasteiger partial charge >= 0.3 is 0 Å². The summed E-state index contributed by atoms with van der Waals surface area (Å²) >= 11 is 0. The van der Waals surface area contributed by atoms with E-state index in [2.05, 4.69) is 28.2 Å². The summed E-state index contributed by atoms with van der Waals surface area (Å²) in [6.45, 7) is 5.42. The van der Waals surface area contributed by atoms with E-state index in [9.17, 15) is 4.79 Å². The summed E-state index contributed by atoms with van der Waals surface area (Å²) < 4.78 is 1.84. The van der Waals surface area contributed by atoms with Crippen molar-refractivity contribution in [3.63, 3.8) is 0 Å². The number of nitrogens with zero attached hydrogens (tertiary/aromatic N) is 3. The second-order valence-electron chi connectivity index (χ2n) is 5.50. The van der Waals surface area contributed by atoms with Gasteiger partial charge in [-0.1, -0.05) is 6.92 Å². The Bertz CT molecular complexity index is 622. The summed E-state index contributed by atoms with van der Waals surface area (Å²) in [5, 5.41) is 3.99. The number of pyridine rings is 1. The first-order valence-electron chi connectivity index (χ1n) is 7.60. The summed E-state index contributed by atoms with van der Waals surface area (Å²) in [7, 11) is 0. The summed E-state index contributed by atoms with van der Waals surface area (Å²) in [5.41, 5.74) is 0.809. The minimum Gasteiger partial charge on any atom is -0.353 e. The number of hydrogen-bond acceptors (Lipinski definition) is 3. The number of rotatable bonds is 5. The van der Waals surface area contributed by atoms with Crippen LogP contribution in [0.25, 0.3) is 11.0 Å². The number of aromatic nitrogens is 2. The van der Waals surface area contributed by atoms with E-state index in [0.717, 1.165) is 30.7 Å². The zero-order valence-electron chi connectivity index (χ0n) is 12.4. The van der Waals surface area contributed by atoms with Crippen LogP contribution >= 0.6 is 0 Å². The first kappa shape index (κ1) is 14.1. The van der Waals surface area contributed by atoms with Crippen LogP contribution in [0, 0.1) is 6.07 Å². The number of carbonyl (C=O) groups excluding carboxylic acids is 1. The van der Waals surface area contributed by atoms with Gasteiger partial charge in [-0.05, 0) is 38.1 Å². The van der Waals surface area contributed by atoms with Gasteiger partial charge in [-0.25, -0.2) is 4.98 Å². The molecule has 0 spiro atoms. The van der Waals surface area contributed by atoms with Crippen molar-refractivity contribution >= 4 is 16.9 Å². The number of carbonyl (C=O) groups is 1. The van der Waals surface area contributed by atoms with E-state index in [4.69, 9.17) is 0 Å². The molecule has 111 valence electrons. The predicted octanol–water partition coefficient (Wildman–Crippen LogP) is 1.44. The van der Waals surface area contributed by atoms with Gasteiger partial charge in [0.15, 0.2) is 0 Å². The van der Waals surface area contributed by atoms with Gasteiger partial charge in [-0.2, -0.15) is 0 Å². The number of fused-ring (bicyclic) bond motifs is 1. The molecule has 0 saturated carbocycles. The zero-order valence-corrected chi connectivity index (χ0v) is 12.4. The lowest BCUT2D eigenvalue weighted by atomic mass is 10.2. The molecule has 1 unspecified atom stereocenters. The lowest BCUT2D eigenvalue weighted by Gasteiger charge is -2.22. The first-order valence-corrected chi connectivity index (χ1v) is 7.60. The van der Waals surface area contributed by atoms with Gasteiger partial charge in [-0.3, -0.25) is 9.69 Å². The highest BCUT2D eigenvalue weighted by Gasteiger charge is 2.23. The second kappa shape index (κ2) is 6.26. The standard InChI is InChI=1S/C16H21N4O/c1-2-19-9-4-6-14(19)11-18-15(21)12-20-10-7-13-5-3-8-17-16(13)20/h3,5,8,10,14H,2,4,6,9,11-12H2,1H3,(H,18,21). The fourth-order valence-electron chi connectivity index (χ4n) is 3.05. The van der Waals surface area contributed by atoms with Crippen LogP contribution in [0.15, 0.2) is 24.5 Å². The van der Waals surface area contributed by atoms with Crippen LogP contribution in [0.1, 0.15) is 19.8 Å². The van der Waals surface area contributed by atoms with Gasteiger partial charge < -0.3 is 9.88 Å². The van der Waals surface area contributed by atoms with Crippen molar-refractivity contribution in [3.05, 3.63) is 30.6 Å². The number of likely N-dealkylation sites (N-methyl/N-ethyl adjacent to an activating group) is 1. The minimum atomic E-state index is 0.0366. The van der Waals surface area contributed by atoms with Crippen LogP contribution in [-0.2, 0) is 11.3 Å². The third-order valence-electron chi connectivity index (χ3n) is 4.19. The molecule has 0 aliphatic carbocycles. The monoisotopic (exact) mass is 285 g/mol. The van der Waals surface area contributed by atoms with Crippen molar-refractivity contribution in [1.82, 2.24) is 19.8 Å². The summed E-state index contributed by atoms with van der Waals surface area (Å²) in [6, 6.07) is 7.44. The molecule has 21 heavy (non-hydrogen) atoms. The van der Waals surface area contributed by atoms with Crippen LogP contribution in [0.3, 0.4) is 0 Å². The molecule has 1 saturated heterocycles. The van der Waals surface area contributed by atoms with Gasteiger partial charge in [0.25, 0.3) is 0 Å². The van der Waals surface area contributed by atoms with Gasteiger partial charge in [0.2, 0.25) is 5.91 Å². The molecule has 5 nitrogen and oxygen atoms in total. The molecule has 1 fully saturated rings. The van der Waals surface area contributed by atoms with Crippen molar-refractivity contribution in [2.75, 3.05) is 19.6 Å². The lowest BCUT2D eigenvalue weighted by molar-refractivity contribution is -0.121. The molecule has 0 aromatic carbocycles. The molecule has 0 bridgehead atoms. The zero-order chi connectivity index (χ0) is 14.7. The predicted molar refractivity (Wildman–Crippen MR) is 81.8 cm³/mol. The second-order valence-corrected chi connectivity index (χ2v) is 5.50. The normalized spacial score (nSPS) is 19.2. The molecule has 1 aliphatic heterocycles. The molecule has 1 amide bonds. The van der Waals surface area contributed by atoms with E-state index >= 15 is 0 Å². The summed E-state index contributed by atoms with van der Waals surface area (Å²) in [6.07, 6.45) is 5.94. The van der Waals surface area contributed by atoms with E-state index in [-0.39, 0.29) is 5.91 Å². The maximum absolute atomic E-state index is 12.1. The van der Waals surface area contributed by atoms with Crippen molar-refractivity contribution in [3.8, 4) is 0 Å². The van der Waals surface area contributed by atoms with E-state index in [0.29, 0.717) is 12.6 Å². The van der Waals surface area contributed by atoms with E-state index < -0.39 is 0 Å². The van der Waals surface area contributed by atoms with E-state index in [1.165, 1.54) is 12.8 Å². The Kier molecular flexibility index (Phi) is 4.20. The quantitative estimate of drug-likeness (QED) is 0.904. The molecule has 5 heteroatoms. The Morgan fingerprint density at radius 3 is 3.33 bits per heavy atom. The average molecular weight is 285 g/mol. The highest BCUT2D eigenvalue weighted by molar-refractivity contribution is 5.80. The Hall–Kier alpha value is -1.88. The number of amides is 1. The van der Waals surface area contributed by atoms with Crippen molar-refractivity contribution in [2.24, 2.45) is 0 Å². The van der Waals surface area contributed by atoms with Gasteiger partial charge in [0, 0.05) is 36.4 Å². The van der Waals surface area contributed by atoms with Crippen LogP contribution in [0.2, 0.25) is 0 Å². The van der Waals surface area contributed by atoms with E-state index in [1.54, 1.807) is 12.4 Å². The molecule has 1 aliphatic rings. The summed E-state index contributed by atoms with van der Waals surface area (Å²) in [5.74, 6) is 0.0366. The third kappa shape index (κ3) is 3.08. The number of hydrogen-bond donors (Lipinski definition) is 1. The Morgan fingerprint density at radius 1 is 1.57 bits per heavy atom. The van der Waals surface area contributed by atoms with Gasteiger partial charge in [-0.15, -0.1) is 0 Å². The highest BCUT2D eigenvalue weighted by atomic mass is 16.1. The fraction of sp³-hybridized carbons (Fsp3) is 0.500. The SMILES string of the molecule is CCN1CCCC1CNC(=O)Cn1c[c]c2cccnc21. The van der Waals surface area contributed by atoms with Crippen LogP contribution in [-0.4, -0.2) is 46.0 Å². The number of likely N-dealkylation sites (tertiary alicyclic amines) is 1. The van der Waals surface area contributed by atoms with Crippen LogP contribution in [0.5, 0.6) is 0 Å². The molecule has 1 N–H and O–H groups in total. The fourth-order valence-corrected chi connectivity index (χ4v) is 3.05. The molecule has 1 radical (unpaired) electrons. The smallest absolute Gasteiger partial charge is 0.240 e. The molecular weight excluding hydrogens is 264 g/mol. The van der Waals surface area contributed by atoms with Gasteiger partial charge in [0.1, 0.15) is 12.2 Å². The Morgan fingerprint density at radius 2 is 2.48 bits per heavy atom. The molecular formula is C16H21N4O. The first-order chi connectivity index (χ1) is 10.3. The molecule has 2 aromatic rings. The highest BCUT2D eigenvalue weighted by Crippen LogP contribution is 2.15. The summed E-state index contributed by atoms with van der Waals surface area (Å²) in [4.78, 5) is 18.8. The molecule has 3 rings (SSSR count). The molecule has 2 aromatic heterocycles. The Balaban J connectivity index is 1.57. The average Bonchev–Trinajstić information content (AvgIpc) is 3.12. The van der Waals surface area contributed by atoms with Crippen molar-refractivity contribution in [1.29, 1.82) is 0 Å². The Labute approximate surface area is 125 Å². The molecule has 1 atom stereocenters. The van der Waals surface area contributed by atoms with Crippen LogP contribution in [0.4, 0.5) is 0 Å².